The summed E-state index contributed by atoms with van der Waals surface area (Å²) in [6, 6.07) is 8.40. The van der Waals surface area contributed by atoms with Crippen LogP contribution >= 0.6 is 11.8 Å². The van der Waals surface area contributed by atoms with Gasteiger partial charge < -0.3 is 10.0 Å². The molecule has 7 nitrogen and oxygen atoms in total. The van der Waals surface area contributed by atoms with E-state index in [1.54, 1.807) is 0 Å². The topological polar surface area (TPSA) is 88.3 Å². The molecule has 1 amide bonds. The smallest absolute Gasteiger partial charge is 0.327 e. The molecule has 1 saturated heterocycles. The van der Waals surface area contributed by atoms with Gasteiger partial charge in [0.1, 0.15) is 6.04 Å². The van der Waals surface area contributed by atoms with Crippen LogP contribution in [0.5, 0.6) is 0 Å². The summed E-state index contributed by atoms with van der Waals surface area (Å²) in [5.41, 5.74) is 0.884. The Balaban J connectivity index is 1.83. The van der Waals surface area contributed by atoms with E-state index in [1.807, 2.05) is 30.3 Å². The number of hydrogen-bond donors (Lipinski definition) is 1. The van der Waals surface area contributed by atoms with Crippen LogP contribution in [-0.2, 0) is 4.79 Å². The van der Waals surface area contributed by atoms with Gasteiger partial charge in [-0.3, -0.25) is 4.79 Å². The standard InChI is InChI=1S/C13H12N4O3S/c18-12(16-8-21-7-11(16)13(19)20)10-6-14-17(15-10)9-4-2-1-3-5-9/h1-6,11H,7-8H2,(H,19,20). The molecule has 1 fully saturated rings. The SMILES string of the molecule is O=C(O)C1CSCN1C(=O)c1cnn(-c2ccccc2)n1. The Bertz CT molecular complexity index is 673. The molecule has 8 heteroatoms. The normalized spacial score (nSPS) is 17.9. The van der Waals surface area contributed by atoms with E-state index < -0.39 is 17.9 Å². The molecule has 0 bridgehead atoms. The van der Waals surface area contributed by atoms with Gasteiger partial charge in [0.05, 0.1) is 17.8 Å². The van der Waals surface area contributed by atoms with Crippen molar-refractivity contribution in [2.24, 2.45) is 0 Å². The van der Waals surface area contributed by atoms with Crippen LogP contribution in [0.1, 0.15) is 10.5 Å². The van der Waals surface area contributed by atoms with E-state index in [0.717, 1.165) is 5.69 Å². The summed E-state index contributed by atoms with van der Waals surface area (Å²) in [7, 11) is 0. The highest BCUT2D eigenvalue weighted by Crippen LogP contribution is 2.22. The Hall–Kier alpha value is -2.35. The number of nitrogens with zero attached hydrogens (tertiary/aromatic N) is 4. The van der Waals surface area contributed by atoms with Gasteiger partial charge in [0, 0.05) is 5.75 Å². The third-order valence-electron chi connectivity index (χ3n) is 3.13. The summed E-state index contributed by atoms with van der Waals surface area (Å²) in [5.74, 6) is -0.652. The Morgan fingerprint density at radius 1 is 1.29 bits per heavy atom. The zero-order valence-electron chi connectivity index (χ0n) is 10.9. The number of carbonyl (C=O) groups is 2. The molecule has 0 saturated carbocycles. The lowest BCUT2D eigenvalue weighted by Gasteiger charge is -2.18. The van der Waals surface area contributed by atoms with E-state index in [1.165, 1.54) is 27.7 Å². The molecule has 1 aliphatic heterocycles. The third kappa shape index (κ3) is 2.62. The Morgan fingerprint density at radius 2 is 2.05 bits per heavy atom. The number of para-hydroxylation sites is 1. The summed E-state index contributed by atoms with van der Waals surface area (Å²) in [5, 5.41) is 17.3. The average molecular weight is 304 g/mol. The van der Waals surface area contributed by atoms with Crippen molar-refractivity contribution in [3.63, 3.8) is 0 Å². The maximum absolute atomic E-state index is 12.3. The van der Waals surface area contributed by atoms with Gasteiger partial charge in [-0.2, -0.15) is 9.90 Å². The van der Waals surface area contributed by atoms with Crippen molar-refractivity contribution < 1.29 is 14.7 Å². The summed E-state index contributed by atoms with van der Waals surface area (Å²) in [6.07, 6.45) is 1.36. The largest absolute Gasteiger partial charge is 0.480 e. The van der Waals surface area contributed by atoms with Gasteiger partial charge in [-0.15, -0.1) is 16.9 Å². The second-order valence-electron chi connectivity index (χ2n) is 4.48. The van der Waals surface area contributed by atoms with E-state index in [0.29, 0.717) is 11.6 Å². The van der Waals surface area contributed by atoms with E-state index in [4.69, 9.17) is 5.11 Å². The molecule has 0 radical (unpaired) electrons. The minimum Gasteiger partial charge on any atom is -0.480 e. The number of thioether (sulfide) groups is 1. The number of rotatable bonds is 3. The Labute approximate surface area is 124 Å². The van der Waals surface area contributed by atoms with Crippen LogP contribution in [0.25, 0.3) is 5.69 Å². The fourth-order valence-electron chi connectivity index (χ4n) is 2.04. The second kappa shape index (κ2) is 5.57. The van der Waals surface area contributed by atoms with Crippen LogP contribution < -0.4 is 0 Å². The molecule has 2 heterocycles. The monoisotopic (exact) mass is 304 g/mol. The third-order valence-corrected chi connectivity index (χ3v) is 4.14. The molecular weight excluding hydrogens is 292 g/mol. The van der Waals surface area contributed by atoms with Gasteiger partial charge in [-0.05, 0) is 12.1 Å². The molecule has 1 aromatic carbocycles. The van der Waals surface area contributed by atoms with E-state index in [2.05, 4.69) is 10.2 Å². The molecule has 1 unspecified atom stereocenters. The van der Waals surface area contributed by atoms with Crippen molar-refractivity contribution in [2.75, 3.05) is 11.6 Å². The van der Waals surface area contributed by atoms with E-state index in [9.17, 15) is 9.59 Å². The van der Waals surface area contributed by atoms with Gasteiger partial charge in [-0.1, -0.05) is 18.2 Å². The van der Waals surface area contributed by atoms with Crippen LogP contribution in [-0.4, -0.2) is 54.5 Å². The first kappa shape index (κ1) is 13.6. The number of aromatic nitrogens is 3. The fourth-order valence-corrected chi connectivity index (χ4v) is 3.19. The highest BCUT2D eigenvalue weighted by Gasteiger charge is 2.36. The second-order valence-corrected chi connectivity index (χ2v) is 5.48. The highest BCUT2D eigenvalue weighted by molar-refractivity contribution is 7.99. The quantitative estimate of drug-likeness (QED) is 0.905. The van der Waals surface area contributed by atoms with Crippen LogP contribution in [0.2, 0.25) is 0 Å². The van der Waals surface area contributed by atoms with Crippen LogP contribution in [0, 0.1) is 0 Å². The first-order chi connectivity index (χ1) is 10.2. The predicted octanol–water partition coefficient (Wildman–Crippen LogP) is 0.867. The molecule has 1 N–H and O–H groups in total. The Morgan fingerprint density at radius 3 is 2.76 bits per heavy atom. The lowest BCUT2D eigenvalue weighted by Crippen LogP contribution is -2.41. The molecule has 2 aromatic rings. The van der Waals surface area contributed by atoms with Crippen molar-refractivity contribution in [1.29, 1.82) is 0 Å². The van der Waals surface area contributed by atoms with Crippen molar-refractivity contribution in [3.05, 3.63) is 42.2 Å². The minimum absolute atomic E-state index is 0.146. The molecule has 0 spiro atoms. The van der Waals surface area contributed by atoms with Gasteiger partial charge in [0.25, 0.3) is 5.91 Å². The number of carboxylic acids is 1. The predicted molar refractivity (Wildman–Crippen MR) is 76.3 cm³/mol. The number of carboxylic acid groups (broad SMARTS) is 1. The van der Waals surface area contributed by atoms with Crippen LogP contribution in [0.3, 0.4) is 0 Å². The highest BCUT2D eigenvalue weighted by atomic mass is 32.2. The molecule has 0 aliphatic carbocycles. The summed E-state index contributed by atoms with van der Waals surface area (Å²) in [6.45, 7) is 0. The van der Waals surface area contributed by atoms with Crippen molar-refractivity contribution in [1.82, 2.24) is 19.9 Å². The summed E-state index contributed by atoms with van der Waals surface area (Å²) >= 11 is 1.41. The van der Waals surface area contributed by atoms with Crippen LogP contribution in [0.4, 0.5) is 0 Å². The summed E-state index contributed by atoms with van der Waals surface area (Å²) in [4.78, 5) is 26.1. The average Bonchev–Trinajstić information content (AvgIpc) is 3.17. The zero-order valence-corrected chi connectivity index (χ0v) is 11.7. The number of amides is 1. The minimum atomic E-state index is -0.996. The number of aliphatic carboxylic acids is 1. The first-order valence-corrected chi connectivity index (χ1v) is 7.41. The van der Waals surface area contributed by atoms with Gasteiger partial charge in [-0.25, -0.2) is 4.79 Å². The maximum Gasteiger partial charge on any atom is 0.327 e. The van der Waals surface area contributed by atoms with E-state index >= 15 is 0 Å². The van der Waals surface area contributed by atoms with Crippen LogP contribution in [0.15, 0.2) is 36.5 Å². The lowest BCUT2D eigenvalue weighted by atomic mass is 10.3. The molecule has 3 rings (SSSR count). The van der Waals surface area contributed by atoms with Gasteiger partial charge in [0.2, 0.25) is 0 Å². The zero-order chi connectivity index (χ0) is 14.8. The molecule has 1 aliphatic rings. The van der Waals surface area contributed by atoms with E-state index in [-0.39, 0.29) is 5.69 Å². The Kier molecular flexibility index (Phi) is 3.61. The van der Waals surface area contributed by atoms with Gasteiger partial charge in [0.15, 0.2) is 5.69 Å². The summed E-state index contributed by atoms with van der Waals surface area (Å²) < 4.78 is 0. The first-order valence-electron chi connectivity index (χ1n) is 6.26. The maximum atomic E-state index is 12.3. The van der Waals surface area contributed by atoms with Gasteiger partial charge >= 0.3 is 5.97 Å². The molecule has 1 atom stereocenters. The van der Waals surface area contributed by atoms with Crippen molar-refractivity contribution in [2.45, 2.75) is 6.04 Å². The van der Waals surface area contributed by atoms with Crippen molar-refractivity contribution in [3.8, 4) is 5.69 Å². The number of benzene rings is 1. The van der Waals surface area contributed by atoms with Crippen molar-refractivity contribution >= 4 is 23.6 Å². The lowest BCUT2D eigenvalue weighted by molar-refractivity contribution is -0.140. The molecule has 21 heavy (non-hydrogen) atoms. The number of hydrogen-bond acceptors (Lipinski definition) is 5. The number of carbonyl (C=O) groups excluding carboxylic acids is 1. The molecule has 108 valence electrons. The molecule has 1 aromatic heterocycles. The molecular formula is C13H12N4O3S. The fraction of sp³-hybridized carbons (Fsp3) is 0.231.